The monoisotopic (exact) mass is 324 g/mol. The average Bonchev–Trinajstić information content (AvgIpc) is 2.40. The summed E-state index contributed by atoms with van der Waals surface area (Å²) >= 11 is 5.98. The van der Waals surface area contributed by atoms with E-state index in [-0.39, 0.29) is 18.2 Å². The molecule has 0 radical (unpaired) electrons. The van der Waals surface area contributed by atoms with Crippen LogP contribution in [0, 0.1) is 17.8 Å². The molecule has 0 aliphatic carbocycles. The Hall–Kier alpha value is -1.55. The van der Waals surface area contributed by atoms with Crippen LogP contribution in [0.4, 0.5) is 5.69 Å². The van der Waals surface area contributed by atoms with Gasteiger partial charge in [0.1, 0.15) is 0 Å². The summed E-state index contributed by atoms with van der Waals surface area (Å²) in [5, 5.41) is 14.5. The van der Waals surface area contributed by atoms with Crippen LogP contribution in [0.3, 0.4) is 0 Å². The molecule has 0 fully saturated rings. The van der Waals surface area contributed by atoms with Crippen LogP contribution in [0.5, 0.6) is 0 Å². The Kier molecular flexibility index (Phi) is 7.39. The fourth-order valence-electron chi connectivity index (χ4n) is 2.35. The lowest BCUT2D eigenvalue weighted by Gasteiger charge is -2.25. The summed E-state index contributed by atoms with van der Waals surface area (Å²) in [6, 6.07) is 6.95. The van der Waals surface area contributed by atoms with Gasteiger partial charge in [-0.15, -0.1) is 0 Å². The zero-order valence-corrected chi connectivity index (χ0v) is 14.0. The van der Waals surface area contributed by atoms with Crippen molar-refractivity contribution < 1.29 is 14.7 Å². The second-order valence-electron chi connectivity index (χ2n) is 6.11. The Labute approximate surface area is 136 Å². The van der Waals surface area contributed by atoms with Crippen molar-refractivity contribution in [2.45, 2.75) is 40.0 Å². The SMILES string of the molecule is CC(C)CC[C@H](C(=O)[O-])[C@H](C)CC(=O)Nc1ccccc1Cl. The second-order valence-corrected chi connectivity index (χ2v) is 6.51. The van der Waals surface area contributed by atoms with Crippen LogP contribution >= 0.6 is 11.6 Å². The standard InChI is InChI=1S/C17H24ClNO3/c1-11(2)8-9-13(17(21)22)12(3)10-16(20)19-15-7-5-4-6-14(15)18/h4-7,11-13H,8-10H2,1-3H3,(H,19,20)(H,21,22)/p-1/t12-,13+/m1/s1. The number of carbonyl (C=O) groups excluding carboxylic acids is 2. The Morgan fingerprint density at radius 3 is 2.36 bits per heavy atom. The smallest absolute Gasteiger partial charge is 0.224 e. The normalized spacial score (nSPS) is 13.7. The lowest BCUT2D eigenvalue weighted by atomic mass is 9.85. The van der Waals surface area contributed by atoms with Crippen molar-refractivity contribution in [3.05, 3.63) is 29.3 Å². The first-order chi connectivity index (χ1) is 10.3. The summed E-state index contributed by atoms with van der Waals surface area (Å²) < 4.78 is 0. The lowest BCUT2D eigenvalue weighted by molar-refractivity contribution is -0.313. The number of amides is 1. The number of anilines is 1. The maximum atomic E-state index is 12.1. The second kappa shape index (κ2) is 8.79. The van der Waals surface area contributed by atoms with E-state index in [9.17, 15) is 14.7 Å². The van der Waals surface area contributed by atoms with Gasteiger partial charge in [0.25, 0.3) is 0 Å². The van der Waals surface area contributed by atoms with Crippen LogP contribution in [0.25, 0.3) is 0 Å². The third-order valence-corrected chi connectivity index (χ3v) is 4.03. The number of aliphatic carboxylic acids is 1. The summed E-state index contributed by atoms with van der Waals surface area (Å²) in [5.41, 5.74) is 0.536. The van der Waals surface area contributed by atoms with Gasteiger partial charge in [0.2, 0.25) is 5.91 Å². The van der Waals surface area contributed by atoms with Crippen LogP contribution in [0.15, 0.2) is 24.3 Å². The molecular weight excluding hydrogens is 302 g/mol. The first-order valence-corrected chi connectivity index (χ1v) is 7.94. The van der Waals surface area contributed by atoms with Gasteiger partial charge >= 0.3 is 0 Å². The first kappa shape index (κ1) is 18.5. The van der Waals surface area contributed by atoms with Crippen molar-refractivity contribution >= 4 is 29.2 Å². The Balaban J connectivity index is 2.61. The van der Waals surface area contributed by atoms with Gasteiger partial charge in [0.15, 0.2) is 0 Å². The van der Waals surface area contributed by atoms with Gasteiger partial charge in [-0.1, -0.05) is 50.9 Å². The number of benzene rings is 1. The minimum Gasteiger partial charge on any atom is -0.550 e. The number of halogens is 1. The van der Waals surface area contributed by atoms with Gasteiger partial charge in [0, 0.05) is 18.3 Å². The Morgan fingerprint density at radius 1 is 1.18 bits per heavy atom. The summed E-state index contributed by atoms with van der Waals surface area (Å²) in [4.78, 5) is 23.3. The molecule has 4 nitrogen and oxygen atoms in total. The zero-order chi connectivity index (χ0) is 16.7. The van der Waals surface area contributed by atoms with E-state index >= 15 is 0 Å². The van der Waals surface area contributed by atoms with E-state index in [0.29, 0.717) is 23.0 Å². The Morgan fingerprint density at radius 2 is 1.82 bits per heavy atom. The number of nitrogens with one attached hydrogen (secondary N) is 1. The maximum Gasteiger partial charge on any atom is 0.224 e. The van der Waals surface area contributed by atoms with E-state index in [2.05, 4.69) is 5.32 Å². The molecule has 1 N–H and O–H groups in total. The van der Waals surface area contributed by atoms with Gasteiger partial charge in [0.05, 0.1) is 10.7 Å². The van der Waals surface area contributed by atoms with Crippen LogP contribution < -0.4 is 10.4 Å². The molecule has 0 bridgehead atoms. The minimum atomic E-state index is -1.08. The van der Waals surface area contributed by atoms with Crippen molar-refractivity contribution in [3.8, 4) is 0 Å². The molecule has 1 amide bonds. The number of hydrogen-bond donors (Lipinski definition) is 1. The number of hydrogen-bond acceptors (Lipinski definition) is 3. The van der Waals surface area contributed by atoms with E-state index in [1.165, 1.54) is 0 Å². The van der Waals surface area contributed by atoms with Crippen molar-refractivity contribution in [2.24, 2.45) is 17.8 Å². The summed E-state index contributed by atoms with van der Waals surface area (Å²) in [6.07, 6.45) is 1.46. The summed E-state index contributed by atoms with van der Waals surface area (Å²) in [5.74, 6) is -1.80. The first-order valence-electron chi connectivity index (χ1n) is 7.56. The number of carboxylic acid groups (broad SMARTS) is 1. The topological polar surface area (TPSA) is 69.2 Å². The van der Waals surface area contributed by atoms with Gasteiger partial charge in [-0.05, 0) is 30.4 Å². The van der Waals surface area contributed by atoms with E-state index in [4.69, 9.17) is 11.6 Å². The van der Waals surface area contributed by atoms with Gasteiger partial charge in [-0.3, -0.25) is 4.79 Å². The highest BCUT2D eigenvalue weighted by atomic mass is 35.5. The summed E-state index contributed by atoms with van der Waals surface area (Å²) in [7, 11) is 0. The molecule has 1 aromatic rings. The van der Waals surface area contributed by atoms with Crippen LogP contribution in [-0.2, 0) is 9.59 Å². The molecule has 0 saturated carbocycles. The predicted molar refractivity (Wildman–Crippen MR) is 86.4 cm³/mol. The van der Waals surface area contributed by atoms with E-state index in [1.807, 2.05) is 13.8 Å². The van der Waals surface area contributed by atoms with Crippen LogP contribution in [-0.4, -0.2) is 11.9 Å². The molecule has 0 spiro atoms. The molecule has 1 rings (SSSR count). The molecule has 0 saturated heterocycles. The van der Waals surface area contributed by atoms with Crippen molar-refractivity contribution in [3.63, 3.8) is 0 Å². The number of para-hydroxylation sites is 1. The molecule has 22 heavy (non-hydrogen) atoms. The molecule has 0 aliphatic rings. The van der Waals surface area contributed by atoms with Gasteiger partial charge < -0.3 is 15.2 Å². The zero-order valence-electron chi connectivity index (χ0n) is 13.3. The number of carbonyl (C=O) groups is 2. The molecule has 5 heteroatoms. The third kappa shape index (κ3) is 6.06. The largest absolute Gasteiger partial charge is 0.550 e. The van der Waals surface area contributed by atoms with Crippen molar-refractivity contribution in [1.29, 1.82) is 0 Å². The third-order valence-electron chi connectivity index (χ3n) is 3.70. The molecule has 0 aliphatic heterocycles. The van der Waals surface area contributed by atoms with Crippen molar-refractivity contribution in [1.82, 2.24) is 0 Å². The fourth-order valence-corrected chi connectivity index (χ4v) is 2.53. The number of rotatable bonds is 8. The molecule has 0 aromatic heterocycles. The average molecular weight is 325 g/mol. The van der Waals surface area contributed by atoms with Crippen molar-refractivity contribution in [2.75, 3.05) is 5.32 Å². The highest BCUT2D eigenvalue weighted by Crippen LogP contribution is 2.25. The Bertz CT molecular complexity index is 516. The summed E-state index contributed by atoms with van der Waals surface area (Å²) in [6.45, 7) is 5.86. The molecule has 122 valence electrons. The molecule has 0 unspecified atom stereocenters. The molecule has 0 heterocycles. The highest BCUT2D eigenvalue weighted by molar-refractivity contribution is 6.33. The van der Waals surface area contributed by atoms with E-state index in [1.54, 1.807) is 31.2 Å². The van der Waals surface area contributed by atoms with Gasteiger partial charge in [-0.2, -0.15) is 0 Å². The quantitative estimate of drug-likeness (QED) is 0.798. The van der Waals surface area contributed by atoms with E-state index in [0.717, 1.165) is 6.42 Å². The molecule has 2 atom stereocenters. The lowest BCUT2D eigenvalue weighted by Crippen LogP contribution is -2.36. The van der Waals surface area contributed by atoms with Gasteiger partial charge in [-0.25, -0.2) is 0 Å². The predicted octanol–water partition coefficient (Wildman–Crippen LogP) is 3.11. The van der Waals surface area contributed by atoms with Crippen LogP contribution in [0.1, 0.15) is 40.0 Å². The van der Waals surface area contributed by atoms with Crippen LogP contribution in [0.2, 0.25) is 5.02 Å². The maximum absolute atomic E-state index is 12.1. The number of carboxylic acids is 1. The minimum absolute atomic E-state index is 0.127. The fraction of sp³-hybridized carbons (Fsp3) is 0.529. The highest BCUT2D eigenvalue weighted by Gasteiger charge is 2.21. The van der Waals surface area contributed by atoms with E-state index < -0.39 is 11.9 Å². The molecule has 1 aromatic carbocycles. The molecular formula is C17H23ClNO3-.